The number of hydrogen-bond donors (Lipinski definition) is 1. The molecular weight excluding hydrogens is 306 g/mol. The van der Waals surface area contributed by atoms with E-state index >= 15 is 0 Å². The van der Waals surface area contributed by atoms with Crippen molar-refractivity contribution in [3.05, 3.63) is 70.8 Å². The fourth-order valence-electron chi connectivity index (χ4n) is 3.15. The Labute approximate surface area is 149 Å². The van der Waals surface area contributed by atoms with Gasteiger partial charge < -0.3 is 5.73 Å². The monoisotopic (exact) mass is 329 g/mol. The zero-order valence-corrected chi connectivity index (χ0v) is 14.6. The molecule has 25 heavy (non-hydrogen) atoms. The van der Waals surface area contributed by atoms with Gasteiger partial charge in [-0.3, -0.25) is 0 Å². The van der Waals surface area contributed by atoms with Crippen molar-refractivity contribution in [2.45, 2.75) is 39.0 Å². The molecule has 2 N–H and O–H groups in total. The second-order valence-electron chi connectivity index (χ2n) is 6.46. The van der Waals surface area contributed by atoms with Crippen molar-refractivity contribution in [3.8, 4) is 6.07 Å². The van der Waals surface area contributed by atoms with Crippen LogP contribution in [-0.2, 0) is 12.8 Å². The molecule has 0 aliphatic heterocycles. The highest BCUT2D eigenvalue weighted by atomic mass is 14.8. The molecule has 0 radical (unpaired) electrons. The number of anilines is 1. The molecule has 3 aromatic rings. The van der Waals surface area contributed by atoms with Gasteiger partial charge >= 0.3 is 0 Å². The van der Waals surface area contributed by atoms with Gasteiger partial charge in [-0.15, -0.1) is 0 Å². The zero-order chi connectivity index (χ0) is 17.6. The van der Waals surface area contributed by atoms with Crippen molar-refractivity contribution in [3.63, 3.8) is 0 Å². The first kappa shape index (κ1) is 17.0. The van der Waals surface area contributed by atoms with E-state index in [4.69, 9.17) is 11.0 Å². The van der Waals surface area contributed by atoms with Crippen LogP contribution in [0.15, 0.2) is 48.5 Å². The van der Waals surface area contributed by atoms with E-state index < -0.39 is 0 Å². The third-order valence-corrected chi connectivity index (χ3v) is 4.59. The maximum Gasteiger partial charge on any atom is 0.127 e. The van der Waals surface area contributed by atoms with Gasteiger partial charge in [0.05, 0.1) is 17.1 Å². The van der Waals surface area contributed by atoms with Gasteiger partial charge in [0, 0.05) is 5.39 Å². The average molecular weight is 329 g/mol. The summed E-state index contributed by atoms with van der Waals surface area (Å²) in [4.78, 5) is 4.62. The molecule has 0 bridgehead atoms. The molecule has 1 heterocycles. The third kappa shape index (κ3) is 3.97. The highest BCUT2D eigenvalue weighted by molar-refractivity contribution is 5.85. The van der Waals surface area contributed by atoms with Crippen LogP contribution in [0, 0.1) is 11.3 Å². The summed E-state index contributed by atoms with van der Waals surface area (Å²) in [5, 5.41) is 10.1. The molecule has 0 aliphatic rings. The first-order chi connectivity index (χ1) is 12.2. The Morgan fingerprint density at radius 2 is 1.84 bits per heavy atom. The number of hydrogen-bond acceptors (Lipinski definition) is 3. The summed E-state index contributed by atoms with van der Waals surface area (Å²) in [6, 6.07) is 18.3. The summed E-state index contributed by atoms with van der Waals surface area (Å²) < 4.78 is 0. The van der Waals surface area contributed by atoms with Crippen LogP contribution >= 0.6 is 0 Å². The first-order valence-corrected chi connectivity index (χ1v) is 8.87. The van der Waals surface area contributed by atoms with Gasteiger partial charge in [-0.05, 0) is 60.2 Å². The fraction of sp³-hybridized carbons (Fsp3) is 0.273. The summed E-state index contributed by atoms with van der Waals surface area (Å²) in [6.45, 7) is 2.21. The fourth-order valence-corrected chi connectivity index (χ4v) is 3.15. The van der Waals surface area contributed by atoms with E-state index in [0.717, 1.165) is 30.3 Å². The van der Waals surface area contributed by atoms with Crippen LogP contribution in [0.1, 0.15) is 48.4 Å². The molecule has 1 aromatic heterocycles. The third-order valence-electron chi connectivity index (χ3n) is 4.59. The predicted molar refractivity (Wildman–Crippen MR) is 103 cm³/mol. The van der Waals surface area contributed by atoms with Gasteiger partial charge in [0.2, 0.25) is 0 Å². The minimum absolute atomic E-state index is 0.652. The molecular formula is C22H23N3. The van der Waals surface area contributed by atoms with Crippen LogP contribution in [0.2, 0.25) is 0 Å². The largest absolute Gasteiger partial charge is 0.383 e. The van der Waals surface area contributed by atoms with Crippen LogP contribution in [-0.4, -0.2) is 4.98 Å². The molecule has 0 saturated heterocycles. The lowest BCUT2D eigenvalue weighted by molar-refractivity contribution is 0.717. The molecule has 2 aromatic carbocycles. The van der Waals surface area contributed by atoms with Gasteiger partial charge in [-0.1, -0.05) is 44.0 Å². The van der Waals surface area contributed by atoms with Crippen molar-refractivity contribution in [2.75, 3.05) is 5.73 Å². The quantitative estimate of drug-likeness (QED) is 0.646. The number of nitrogens with two attached hydrogens (primary N) is 1. The smallest absolute Gasteiger partial charge is 0.127 e. The van der Waals surface area contributed by atoms with Crippen LogP contribution in [0.5, 0.6) is 0 Å². The normalized spacial score (nSPS) is 10.7. The van der Waals surface area contributed by atoms with Gasteiger partial charge in [0.1, 0.15) is 5.82 Å². The number of nitrogen functional groups attached to an aromatic ring is 1. The number of fused-ring (bicyclic) bond motifs is 1. The minimum Gasteiger partial charge on any atom is -0.383 e. The van der Waals surface area contributed by atoms with Crippen molar-refractivity contribution in [2.24, 2.45) is 0 Å². The summed E-state index contributed by atoms with van der Waals surface area (Å²) >= 11 is 0. The predicted octanol–water partition coefficient (Wildman–Crippen LogP) is 5.01. The topological polar surface area (TPSA) is 62.7 Å². The second kappa shape index (κ2) is 7.81. The molecule has 0 spiro atoms. The van der Waals surface area contributed by atoms with E-state index in [-0.39, 0.29) is 0 Å². The van der Waals surface area contributed by atoms with Crippen molar-refractivity contribution >= 4 is 16.7 Å². The number of unbranched alkanes of at least 4 members (excludes halogenated alkanes) is 2. The number of aromatic nitrogens is 1. The molecule has 3 heteroatoms. The van der Waals surface area contributed by atoms with E-state index in [1.54, 1.807) is 0 Å². The molecule has 0 atom stereocenters. The SMILES string of the molecule is CCCCCc1cc2c(Cc3ccc(C#N)cc3)cccc2nc1N. The molecule has 0 amide bonds. The van der Waals surface area contributed by atoms with Crippen molar-refractivity contribution in [1.29, 1.82) is 5.26 Å². The Hall–Kier alpha value is -2.86. The van der Waals surface area contributed by atoms with Crippen molar-refractivity contribution < 1.29 is 0 Å². The van der Waals surface area contributed by atoms with E-state index in [1.807, 2.05) is 36.4 Å². The average Bonchev–Trinajstić information content (AvgIpc) is 2.63. The molecule has 3 nitrogen and oxygen atoms in total. The van der Waals surface area contributed by atoms with Crippen LogP contribution in [0.25, 0.3) is 10.9 Å². The van der Waals surface area contributed by atoms with E-state index in [1.165, 1.54) is 29.4 Å². The van der Waals surface area contributed by atoms with E-state index in [0.29, 0.717) is 11.4 Å². The van der Waals surface area contributed by atoms with Gasteiger partial charge in [-0.2, -0.15) is 5.26 Å². The standard InChI is InChI=1S/C22H23N3/c1-2-3-4-6-19-14-20-18(7-5-8-21(20)25-22(19)24)13-16-9-11-17(15-23)12-10-16/h5,7-12,14H,2-4,6,13H2,1H3,(H2,24,25). The highest BCUT2D eigenvalue weighted by Crippen LogP contribution is 2.25. The lowest BCUT2D eigenvalue weighted by Gasteiger charge is -2.11. The van der Waals surface area contributed by atoms with Gasteiger partial charge in [0.15, 0.2) is 0 Å². The van der Waals surface area contributed by atoms with E-state index in [2.05, 4.69) is 30.1 Å². The minimum atomic E-state index is 0.652. The number of aryl methyl sites for hydroxylation is 1. The Balaban J connectivity index is 1.93. The van der Waals surface area contributed by atoms with Crippen molar-refractivity contribution in [1.82, 2.24) is 4.98 Å². The Morgan fingerprint density at radius 3 is 2.56 bits per heavy atom. The number of rotatable bonds is 6. The Bertz CT molecular complexity index is 905. The number of benzene rings is 2. The second-order valence-corrected chi connectivity index (χ2v) is 6.46. The maximum absolute atomic E-state index is 8.93. The number of nitriles is 1. The zero-order valence-electron chi connectivity index (χ0n) is 14.6. The lowest BCUT2D eigenvalue weighted by atomic mass is 9.97. The summed E-state index contributed by atoms with van der Waals surface area (Å²) in [7, 11) is 0. The highest BCUT2D eigenvalue weighted by Gasteiger charge is 2.08. The summed E-state index contributed by atoms with van der Waals surface area (Å²) in [5.74, 6) is 0.652. The van der Waals surface area contributed by atoms with Crippen LogP contribution in [0.4, 0.5) is 5.82 Å². The first-order valence-electron chi connectivity index (χ1n) is 8.87. The lowest BCUT2D eigenvalue weighted by Crippen LogP contribution is -2.00. The van der Waals surface area contributed by atoms with Crippen LogP contribution < -0.4 is 5.73 Å². The molecule has 126 valence electrons. The van der Waals surface area contributed by atoms with E-state index in [9.17, 15) is 0 Å². The van der Waals surface area contributed by atoms with Crippen LogP contribution in [0.3, 0.4) is 0 Å². The maximum atomic E-state index is 8.93. The Kier molecular flexibility index (Phi) is 5.30. The number of pyridine rings is 1. The molecule has 0 aliphatic carbocycles. The summed E-state index contributed by atoms with van der Waals surface area (Å²) in [5.41, 5.74) is 11.4. The molecule has 0 fully saturated rings. The molecule has 0 unspecified atom stereocenters. The number of nitrogens with zero attached hydrogens (tertiary/aromatic N) is 2. The molecule has 3 rings (SSSR count). The molecule has 0 saturated carbocycles. The van der Waals surface area contributed by atoms with Gasteiger partial charge in [-0.25, -0.2) is 4.98 Å². The summed E-state index contributed by atoms with van der Waals surface area (Å²) in [6.07, 6.45) is 5.36. The Morgan fingerprint density at radius 1 is 1.04 bits per heavy atom. The van der Waals surface area contributed by atoms with Gasteiger partial charge in [0.25, 0.3) is 0 Å².